The molecule has 0 aliphatic heterocycles. The molecular formula is C14H27N3OSi. The number of aromatic amines is 1. The molecule has 1 aromatic rings. The predicted octanol–water partition coefficient (Wildman–Crippen LogP) is 3.78. The molecule has 5 heteroatoms. The van der Waals surface area contributed by atoms with Crippen LogP contribution in [-0.4, -0.2) is 18.5 Å². The van der Waals surface area contributed by atoms with Gasteiger partial charge in [0.15, 0.2) is 8.32 Å². The maximum atomic E-state index is 6.76. The Balaban J connectivity index is 2.31. The molecule has 0 saturated heterocycles. The Morgan fingerprint density at radius 2 is 1.89 bits per heavy atom. The summed E-state index contributed by atoms with van der Waals surface area (Å²) in [7, 11) is -1.80. The van der Waals surface area contributed by atoms with E-state index >= 15 is 0 Å². The summed E-state index contributed by atoms with van der Waals surface area (Å²) >= 11 is 0. The number of hydrogen-bond acceptors (Lipinski definition) is 3. The first-order valence-electron chi connectivity index (χ1n) is 7.18. The van der Waals surface area contributed by atoms with Crippen molar-refractivity contribution in [3.8, 4) is 0 Å². The molecule has 1 fully saturated rings. The highest BCUT2D eigenvalue weighted by Gasteiger charge is 2.47. The summed E-state index contributed by atoms with van der Waals surface area (Å²) in [5.74, 6) is 0.556. The summed E-state index contributed by atoms with van der Waals surface area (Å²) < 4.78 is 6.76. The van der Waals surface area contributed by atoms with Crippen LogP contribution in [0, 0.1) is 0 Å². The first kappa shape index (κ1) is 14.6. The number of nitrogen functional groups attached to an aromatic ring is 1. The van der Waals surface area contributed by atoms with Crippen molar-refractivity contribution in [2.45, 2.75) is 70.2 Å². The number of nitrogens with two attached hydrogens (primary N) is 1. The number of rotatable bonds is 3. The van der Waals surface area contributed by atoms with E-state index in [2.05, 4.69) is 44.1 Å². The van der Waals surface area contributed by atoms with Crippen LogP contribution in [0.25, 0.3) is 0 Å². The minimum Gasteiger partial charge on any atom is -0.406 e. The van der Waals surface area contributed by atoms with E-state index in [9.17, 15) is 0 Å². The van der Waals surface area contributed by atoms with Crippen molar-refractivity contribution < 1.29 is 4.43 Å². The lowest BCUT2D eigenvalue weighted by Crippen LogP contribution is -2.47. The molecule has 1 heterocycles. The van der Waals surface area contributed by atoms with E-state index in [1.54, 1.807) is 0 Å². The summed E-state index contributed by atoms with van der Waals surface area (Å²) in [6.07, 6.45) is 4.57. The fourth-order valence-electron chi connectivity index (χ4n) is 2.58. The van der Waals surface area contributed by atoms with Gasteiger partial charge in [0, 0.05) is 6.07 Å². The summed E-state index contributed by atoms with van der Waals surface area (Å²) in [5, 5.41) is 7.39. The molecule has 108 valence electrons. The van der Waals surface area contributed by atoms with Gasteiger partial charge in [-0.05, 0) is 31.0 Å². The number of anilines is 1. The Hall–Kier alpha value is -0.813. The molecular weight excluding hydrogens is 254 g/mol. The zero-order chi connectivity index (χ0) is 14.3. The molecule has 19 heavy (non-hydrogen) atoms. The van der Waals surface area contributed by atoms with E-state index in [1.807, 2.05) is 6.07 Å². The van der Waals surface area contributed by atoms with E-state index in [0.29, 0.717) is 5.82 Å². The topological polar surface area (TPSA) is 63.9 Å². The highest BCUT2D eigenvalue weighted by Crippen LogP contribution is 2.48. The van der Waals surface area contributed by atoms with Crippen molar-refractivity contribution in [2.75, 3.05) is 5.73 Å². The summed E-state index contributed by atoms with van der Waals surface area (Å²) in [4.78, 5) is 0. The van der Waals surface area contributed by atoms with Crippen LogP contribution in [0.4, 0.5) is 5.82 Å². The predicted molar refractivity (Wildman–Crippen MR) is 81.4 cm³/mol. The zero-order valence-electron chi connectivity index (χ0n) is 12.8. The smallest absolute Gasteiger partial charge is 0.193 e. The third-order valence-electron chi connectivity index (χ3n) is 4.76. The van der Waals surface area contributed by atoms with Crippen molar-refractivity contribution in [3.05, 3.63) is 11.8 Å². The minimum absolute atomic E-state index is 0.187. The van der Waals surface area contributed by atoms with E-state index in [1.165, 1.54) is 12.8 Å². The summed E-state index contributed by atoms with van der Waals surface area (Å²) in [6, 6.07) is 1.94. The highest BCUT2D eigenvalue weighted by molar-refractivity contribution is 6.74. The Morgan fingerprint density at radius 3 is 2.32 bits per heavy atom. The SMILES string of the molecule is CC(C)(C)[Si](C)(C)OC1(c2cc(N)n[nH]2)CCCC1. The monoisotopic (exact) mass is 281 g/mol. The van der Waals surface area contributed by atoms with Crippen molar-refractivity contribution >= 4 is 14.1 Å². The van der Waals surface area contributed by atoms with Gasteiger partial charge in [-0.3, -0.25) is 5.10 Å². The van der Waals surface area contributed by atoms with Crippen molar-refractivity contribution in [3.63, 3.8) is 0 Å². The maximum absolute atomic E-state index is 6.76. The third-order valence-corrected chi connectivity index (χ3v) is 9.27. The molecule has 0 aromatic carbocycles. The van der Waals surface area contributed by atoms with E-state index < -0.39 is 8.32 Å². The lowest BCUT2D eigenvalue weighted by molar-refractivity contribution is 0.0527. The molecule has 0 amide bonds. The normalized spacial score (nSPS) is 19.8. The van der Waals surface area contributed by atoms with Crippen LogP contribution >= 0.6 is 0 Å². The zero-order valence-corrected chi connectivity index (χ0v) is 13.8. The molecule has 1 aliphatic carbocycles. The van der Waals surface area contributed by atoms with E-state index in [4.69, 9.17) is 10.2 Å². The van der Waals surface area contributed by atoms with Gasteiger partial charge in [0.25, 0.3) is 0 Å². The van der Waals surface area contributed by atoms with E-state index in [-0.39, 0.29) is 10.6 Å². The maximum Gasteiger partial charge on any atom is 0.193 e. The Kier molecular flexibility index (Phi) is 3.56. The van der Waals surface area contributed by atoms with Crippen molar-refractivity contribution in [2.24, 2.45) is 0 Å². The molecule has 0 bridgehead atoms. The third kappa shape index (κ3) is 2.72. The largest absolute Gasteiger partial charge is 0.406 e. The summed E-state index contributed by atoms with van der Waals surface area (Å²) in [5.41, 5.74) is 6.64. The first-order chi connectivity index (χ1) is 8.66. The molecule has 1 aliphatic rings. The van der Waals surface area contributed by atoms with Crippen LogP contribution < -0.4 is 5.73 Å². The second kappa shape index (κ2) is 4.63. The fraction of sp³-hybridized carbons (Fsp3) is 0.786. The number of H-pyrrole nitrogens is 1. The second-order valence-corrected chi connectivity index (χ2v) is 12.0. The molecule has 0 spiro atoms. The number of hydrogen-bond donors (Lipinski definition) is 2. The van der Waals surface area contributed by atoms with Gasteiger partial charge in [0.1, 0.15) is 5.82 Å². The van der Waals surface area contributed by atoms with E-state index in [0.717, 1.165) is 18.5 Å². The summed E-state index contributed by atoms with van der Waals surface area (Å²) in [6.45, 7) is 11.5. The van der Waals surface area contributed by atoms with Gasteiger partial charge >= 0.3 is 0 Å². The molecule has 3 N–H and O–H groups in total. The number of nitrogens with zero attached hydrogens (tertiary/aromatic N) is 1. The molecule has 2 rings (SSSR count). The average molecular weight is 281 g/mol. The van der Waals surface area contributed by atoms with Gasteiger partial charge in [-0.2, -0.15) is 5.10 Å². The van der Waals surface area contributed by atoms with Crippen LogP contribution in [0.5, 0.6) is 0 Å². The number of nitrogens with one attached hydrogen (secondary N) is 1. The lowest BCUT2D eigenvalue weighted by atomic mass is 9.98. The van der Waals surface area contributed by atoms with Crippen LogP contribution in [0.1, 0.15) is 52.1 Å². The second-order valence-electron chi connectivity index (χ2n) is 7.27. The van der Waals surface area contributed by atoms with Gasteiger partial charge in [-0.1, -0.05) is 33.6 Å². The first-order valence-corrected chi connectivity index (χ1v) is 10.1. The quantitative estimate of drug-likeness (QED) is 0.829. The molecule has 0 radical (unpaired) electrons. The average Bonchev–Trinajstić information content (AvgIpc) is 2.85. The van der Waals surface area contributed by atoms with Crippen molar-refractivity contribution in [1.29, 1.82) is 0 Å². The molecule has 4 nitrogen and oxygen atoms in total. The Morgan fingerprint density at radius 1 is 1.32 bits per heavy atom. The van der Waals surface area contributed by atoms with Crippen LogP contribution in [0.3, 0.4) is 0 Å². The Bertz CT molecular complexity index is 442. The van der Waals surface area contributed by atoms with Gasteiger partial charge in [-0.25, -0.2) is 0 Å². The molecule has 1 saturated carbocycles. The van der Waals surface area contributed by atoms with Crippen LogP contribution in [0.2, 0.25) is 18.1 Å². The fourth-order valence-corrected chi connectivity index (χ4v) is 4.18. The molecule has 0 atom stereocenters. The standard InChI is InChI=1S/C14H27N3OSi/c1-13(2,3)19(4,5)18-14(8-6-7-9-14)11-10-12(15)17-16-11/h10H,6-9H2,1-5H3,(H3,15,16,17). The van der Waals surface area contributed by atoms with Gasteiger partial charge in [0.05, 0.1) is 11.3 Å². The van der Waals surface area contributed by atoms with Crippen LogP contribution in [-0.2, 0) is 10.0 Å². The highest BCUT2D eigenvalue weighted by atomic mass is 28.4. The van der Waals surface area contributed by atoms with Gasteiger partial charge in [-0.15, -0.1) is 0 Å². The molecule has 0 unspecified atom stereocenters. The van der Waals surface area contributed by atoms with Gasteiger partial charge < -0.3 is 10.2 Å². The molecule has 1 aromatic heterocycles. The Labute approximate surface area is 117 Å². The van der Waals surface area contributed by atoms with Crippen molar-refractivity contribution in [1.82, 2.24) is 10.2 Å². The van der Waals surface area contributed by atoms with Gasteiger partial charge in [0.2, 0.25) is 0 Å². The van der Waals surface area contributed by atoms with Crippen LogP contribution in [0.15, 0.2) is 6.07 Å². The minimum atomic E-state index is -1.80. The number of aromatic nitrogens is 2. The lowest BCUT2D eigenvalue weighted by Gasteiger charge is -2.43.